The molecule has 2 amide bonds. The number of guanidine groups is 1. The second-order valence-corrected chi connectivity index (χ2v) is 8.64. The number of hydrogen-bond acceptors (Lipinski definition) is 3. The van der Waals surface area contributed by atoms with Gasteiger partial charge in [-0.25, -0.2) is 0 Å². The molecule has 0 bridgehead atoms. The maximum absolute atomic E-state index is 12.8. The van der Waals surface area contributed by atoms with Gasteiger partial charge in [0.2, 0.25) is 5.91 Å². The third kappa shape index (κ3) is 7.94. The topological polar surface area (TPSA) is 85.8 Å². The lowest BCUT2D eigenvalue weighted by Crippen LogP contribution is -2.46. The molecule has 0 radical (unpaired) electrons. The van der Waals surface area contributed by atoms with Gasteiger partial charge in [0.15, 0.2) is 5.96 Å². The molecule has 1 aliphatic carbocycles. The van der Waals surface area contributed by atoms with Crippen molar-refractivity contribution in [3.63, 3.8) is 0 Å². The van der Waals surface area contributed by atoms with Crippen molar-refractivity contribution in [3.8, 4) is 0 Å². The molecule has 1 aliphatic heterocycles. The molecule has 1 atom stereocenters. The second-order valence-electron chi connectivity index (χ2n) is 8.64. The Balaban J connectivity index is 0.00000363. The highest BCUT2D eigenvalue weighted by atomic mass is 127. The van der Waals surface area contributed by atoms with Crippen LogP contribution < -0.4 is 16.0 Å². The van der Waals surface area contributed by atoms with Gasteiger partial charge in [-0.3, -0.25) is 14.6 Å². The van der Waals surface area contributed by atoms with Crippen LogP contribution in [0.5, 0.6) is 0 Å². The lowest BCUT2D eigenvalue weighted by molar-refractivity contribution is -0.135. The lowest BCUT2D eigenvalue weighted by atomic mass is 9.88. The van der Waals surface area contributed by atoms with Crippen molar-refractivity contribution in [2.75, 3.05) is 32.7 Å². The summed E-state index contributed by atoms with van der Waals surface area (Å²) < 4.78 is 0. The number of aliphatic imine (C=N–C) groups is 1. The number of nitrogens with zero attached hydrogens (tertiary/aromatic N) is 2. The van der Waals surface area contributed by atoms with Crippen molar-refractivity contribution in [2.45, 2.75) is 58.4 Å². The molecule has 3 rings (SSSR count). The van der Waals surface area contributed by atoms with Gasteiger partial charge >= 0.3 is 0 Å². The number of halogens is 1. The monoisotopic (exact) mass is 555 g/mol. The number of hydrogen-bond donors (Lipinski definition) is 3. The zero-order valence-corrected chi connectivity index (χ0v) is 21.7. The second kappa shape index (κ2) is 13.6. The highest BCUT2D eigenvalue weighted by molar-refractivity contribution is 14.0. The Hall–Kier alpha value is -1.84. The quantitative estimate of drug-likeness (QED) is 0.209. The summed E-state index contributed by atoms with van der Waals surface area (Å²) in [7, 11) is 0. The van der Waals surface area contributed by atoms with E-state index in [-0.39, 0.29) is 41.8 Å². The van der Waals surface area contributed by atoms with Gasteiger partial charge in [-0.1, -0.05) is 37.0 Å². The van der Waals surface area contributed by atoms with Crippen LogP contribution in [0.3, 0.4) is 0 Å². The van der Waals surface area contributed by atoms with Gasteiger partial charge in [0.05, 0.1) is 6.54 Å². The number of carbonyl (C=O) groups excluding carboxylic acids is 2. The SMILES string of the molecule is CCNC(=NCCNC(=O)c1cccc(C)c1)NC1CCN(C(=O)C2CCCCC2)C1.I. The highest BCUT2D eigenvalue weighted by Gasteiger charge is 2.31. The molecular weight excluding hydrogens is 517 g/mol. The van der Waals surface area contributed by atoms with E-state index in [2.05, 4.69) is 20.9 Å². The molecule has 2 fully saturated rings. The minimum absolute atomic E-state index is 0. The maximum atomic E-state index is 12.8. The molecule has 1 aromatic rings. The molecule has 2 aliphatic rings. The molecule has 8 heteroatoms. The summed E-state index contributed by atoms with van der Waals surface area (Å²) in [5, 5.41) is 9.65. The third-order valence-electron chi connectivity index (χ3n) is 6.09. The first-order chi connectivity index (χ1) is 15.1. The van der Waals surface area contributed by atoms with Crippen LogP contribution in [0.4, 0.5) is 0 Å². The van der Waals surface area contributed by atoms with Gasteiger partial charge in [-0.15, -0.1) is 24.0 Å². The van der Waals surface area contributed by atoms with E-state index >= 15 is 0 Å². The standard InChI is InChI=1S/C24H37N5O2.HI/c1-3-25-24(27-14-13-26-22(30)20-11-7-8-18(2)16-20)28-21-12-15-29(17-21)23(31)19-9-5-4-6-10-19;/h7-8,11,16,19,21H,3-6,9-10,12-15,17H2,1-2H3,(H,26,30)(H2,25,27,28);1H. The molecule has 1 aromatic carbocycles. The van der Waals surface area contributed by atoms with Crippen LogP contribution >= 0.6 is 24.0 Å². The minimum atomic E-state index is -0.0791. The normalized spacial score (nSPS) is 19.2. The Morgan fingerprint density at radius 2 is 1.91 bits per heavy atom. The Labute approximate surface area is 209 Å². The van der Waals surface area contributed by atoms with E-state index in [0.717, 1.165) is 50.4 Å². The number of benzene rings is 1. The van der Waals surface area contributed by atoms with Crippen LogP contribution in [0, 0.1) is 12.8 Å². The summed E-state index contributed by atoms with van der Waals surface area (Å²) in [4.78, 5) is 31.7. The fourth-order valence-corrected chi connectivity index (χ4v) is 4.42. The smallest absolute Gasteiger partial charge is 0.251 e. The molecule has 0 spiro atoms. The summed E-state index contributed by atoms with van der Waals surface area (Å²) >= 11 is 0. The molecule has 1 saturated carbocycles. The number of aryl methyl sites for hydroxylation is 1. The van der Waals surface area contributed by atoms with Crippen molar-refractivity contribution in [3.05, 3.63) is 35.4 Å². The number of carbonyl (C=O) groups is 2. The van der Waals surface area contributed by atoms with E-state index in [1.165, 1.54) is 19.3 Å². The Morgan fingerprint density at radius 1 is 1.12 bits per heavy atom. The summed E-state index contributed by atoms with van der Waals surface area (Å²) in [5.74, 6) is 1.23. The fourth-order valence-electron chi connectivity index (χ4n) is 4.42. The van der Waals surface area contributed by atoms with Gasteiger partial charge in [0, 0.05) is 43.7 Å². The molecule has 32 heavy (non-hydrogen) atoms. The van der Waals surface area contributed by atoms with E-state index in [1.807, 2.05) is 43.0 Å². The van der Waals surface area contributed by atoms with Crippen LogP contribution in [-0.4, -0.2) is 61.4 Å². The fraction of sp³-hybridized carbons (Fsp3) is 0.625. The highest BCUT2D eigenvalue weighted by Crippen LogP contribution is 2.26. The predicted molar refractivity (Wildman–Crippen MR) is 140 cm³/mol. The number of amides is 2. The van der Waals surface area contributed by atoms with Crippen LogP contribution in [0.25, 0.3) is 0 Å². The van der Waals surface area contributed by atoms with Gasteiger partial charge in [-0.05, 0) is 45.2 Å². The molecular formula is C24H38IN5O2. The van der Waals surface area contributed by atoms with Gasteiger partial charge in [0.25, 0.3) is 5.91 Å². The molecule has 1 heterocycles. The molecule has 1 unspecified atom stereocenters. The number of nitrogens with one attached hydrogen (secondary N) is 3. The molecule has 178 valence electrons. The Bertz CT molecular complexity index is 779. The minimum Gasteiger partial charge on any atom is -0.357 e. The first kappa shape index (κ1) is 26.4. The average Bonchev–Trinajstić information content (AvgIpc) is 3.25. The average molecular weight is 556 g/mol. The zero-order chi connectivity index (χ0) is 22.1. The van der Waals surface area contributed by atoms with Crippen molar-refractivity contribution < 1.29 is 9.59 Å². The maximum Gasteiger partial charge on any atom is 0.251 e. The van der Waals surface area contributed by atoms with Crippen LogP contribution in [-0.2, 0) is 4.79 Å². The number of likely N-dealkylation sites (tertiary alicyclic amines) is 1. The van der Waals surface area contributed by atoms with E-state index in [0.29, 0.717) is 24.6 Å². The summed E-state index contributed by atoms with van der Waals surface area (Å²) in [5.41, 5.74) is 1.74. The van der Waals surface area contributed by atoms with Crippen LogP contribution in [0.15, 0.2) is 29.3 Å². The van der Waals surface area contributed by atoms with Crippen molar-refractivity contribution >= 4 is 41.8 Å². The van der Waals surface area contributed by atoms with E-state index in [4.69, 9.17) is 0 Å². The summed E-state index contributed by atoms with van der Waals surface area (Å²) in [6, 6.07) is 7.77. The zero-order valence-electron chi connectivity index (χ0n) is 19.4. The van der Waals surface area contributed by atoms with Crippen LogP contribution in [0.1, 0.15) is 61.4 Å². The summed E-state index contributed by atoms with van der Waals surface area (Å²) in [6.07, 6.45) is 6.67. The van der Waals surface area contributed by atoms with Crippen molar-refractivity contribution in [1.82, 2.24) is 20.9 Å². The van der Waals surface area contributed by atoms with Gasteiger partial charge in [-0.2, -0.15) is 0 Å². The van der Waals surface area contributed by atoms with E-state index < -0.39 is 0 Å². The Morgan fingerprint density at radius 3 is 2.62 bits per heavy atom. The van der Waals surface area contributed by atoms with E-state index in [1.54, 1.807) is 0 Å². The molecule has 1 saturated heterocycles. The molecule has 3 N–H and O–H groups in total. The lowest BCUT2D eigenvalue weighted by Gasteiger charge is -2.26. The Kier molecular flexibility index (Phi) is 11.3. The van der Waals surface area contributed by atoms with Gasteiger partial charge in [0.1, 0.15) is 0 Å². The summed E-state index contributed by atoms with van der Waals surface area (Å²) in [6.45, 7) is 7.29. The van der Waals surface area contributed by atoms with Gasteiger partial charge < -0.3 is 20.9 Å². The molecule has 7 nitrogen and oxygen atoms in total. The first-order valence-corrected chi connectivity index (χ1v) is 11.8. The van der Waals surface area contributed by atoms with Crippen LogP contribution in [0.2, 0.25) is 0 Å². The van der Waals surface area contributed by atoms with E-state index in [9.17, 15) is 9.59 Å². The van der Waals surface area contributed by atoms with Crippen molar-refractivity contribution in [1.29, 1.82) is 0 Å². The third-order valence-corrected chi connectivity index (χ3v) is 6.09. The molecule has 0 aromatic heterocycles. The largest absolute Gasteiger partial charge is 0.357 e. The van der Waals surface area contributed by atoms with Crippen molar-refractivity contribution in [2.24, 2.45) is 10.9 Å². The number of rotatable bonds is 7. The predicted octanol–water partition coefficient (Wildman–Crippen LogP) is 3.08. The first-order valence-electron chi connectivity index (χ1n) is 11.8.